The maximum Gasteiger partial charge on any atom is 0.264 e. The van der Waals surface area contributed by atoms with E-state index in [1.54, 1.807) is 55.5 Å². The van der Waals surface area contributed by atoms with Gasteiger partial charge >= 0.3 is 0 Å². The lowest BCUT2D eigenvalue weighted by Crippen LogP contribution is -2.52. The van der Waals surface area contributed by atoms with Gasteiger partial charge in [0.1, 0.15) is 12.6 Å². The largest absolute Gasteiger partial charge is 0.354 e. The maximum absolute atomic E-state index is 14.0. The Labute approximate surface area is 244 Å². The van der Waals surface area contributed by atoms with Crippen LogP contribution < -0.4 is 9.62 Å². The van der Waals surface area contributed by atoms with E-state index < -0.39 is 28.5 Å². The summed E-state index contributed by atoms with van der Waals surface area (Å²) in [7, 11) is -4.18. The van der Waals surface area contributed by atoms with Gasteiger partial charge in [0.2, 0.25) is 11.8 Å². The molecule has 0 aliphatic rings. The monoisotopic (exact) mass is 609 g/mol. The van der Waals surface area contributed by atoms with E-state index in [0.29, 0.717) is 45.7 Å². The Hall–Kier alpha value is -2.78. The van der Waals surface area contributed by atoms with Gasteiger partial charge in [0.25, 0.3) is 10.0 Å². The van der Waals surface area contributed by atoms with Crippen molar-refractivity contribution in [1.29, 1.82) is 0 Å². The fraction of sp³-hybridized carbons (Fsp3) is 0.286. The first-order chi connectivity index (χ1) is 18.6. The van der Waals surface area contributed by atoms with E-state index >= 15 is 0 Å². The van der Waals surface area contributed by atoms with Gasteiger partial charge in [-0.1, -0.05) is 72.9 Å². The summed E-state index contributed by atoms with van der Waals surface area (Å²) in [5.74, 6) is -0.937. The number of carbonyl (C=O) groups is 2. The van der Waals surface area contributed by atoms with Gasteiger partial charge in [0, 0.05) is 33.7 Å². The first kappa shape index (κ1) is 30.8. The molecule has 1 atom stereocenters. The van der Waals surface area contributed by atoms with Gasteiger partial charge in [-0.05, 0) is 61.4 Å². The van der Waals surface area contributed by atoms with Crippen LogP contribution in [-0.4, -0.2) is 44.3 Å². The predicted octanol–water partition coefficient (Wildman–Crippen LogP) is 6.18. The maximum atomic E-state index is 14.0. The van der Waals surface area contributed by atoms with Gasteiger partial charge < -0.3 is 10.2 Å². The fourth-order valence-electron chi connectivity index (χ4n) is 4.00. The Bertz CT molecular complexity index is 1370. The van der Waals surface area contributed by atoms with E-state index in [2.05, 4.69) is 5.32 Å². The molecule has 1 N–H and O–H groups in total. The van der Waals surface area contributed by atoms with Crippen molar-refractivity contribution in [2.24, 2.45) is 0 Å². The predicted molar refractivity (Wildman–Crippen MR) is 157 cm³/mol. The Morgan fingerprint density at radius 1 is 0.872 bits per heavy atom. The summed E-state index contributed by atoms with van der Waals surface area (Å²) >= 11 is 18.8. The minimum Gasteiger partial charge on any atom is -0.354 e. The molecule has 0 fully saturated rings. The van der Waals surface area contributed by atoms with Crippen molar-refractivity contribution in [2.45, 2.75) is 44.2 Å². The van der Waals surface area contributed by atoms with Crippen molar-refractivity contribution in [3.63, 3.8) is 0 Å². The van der Waals surface area contributed by atoms with Gasteiger partial charge in [0.15, 0.2) is 0 Å². The first-order valence-electron chi connectivity index (χ1n) is 12.4. The number of rotatable bonds is 12. The van der Waals surface area contributed by atoms with Crippen molar-refractivity contribution in [1.82, 2.24) is 10.2 Å². The number of amides is 2. The number of sulfonamides is 1. The van der Waals surface area contributed by atoms with Crippen LogP contribution in [0.5, 0.6) is 0 Å². The SMILES string of the molecule is CCCNC(=O)C(CC)N(Cc1c(Cl)cccc1Cl)C(=O)CN(c1ccccc1)S(=O)(=O)c1ccc(Cl)cc1. The van der Waals surface area contributed by atoms with Crippen LogP contribution >= 0.6 is 34.8 Å². The number of carbonyl (C=O) groups excluding carboxylic acids is 2. The van der Waals surface area contributed by atoms with Crippen LogP contribution in [0.25, 0.3) is 0 Å². The third-order valence-corrected chi connectivity index (χ3v) is 8.80. The summed E-state index contributed by atoms with van der Waals surface area (Å²) in [6, 6.07) is 18.1. The molecule has 11 heteroatoms. The zero-order valence-electron chi connectivity index (χ0n) is 21.6. The molecule has 0 aliphatic carbocycles. The average Bonchev–Trinajstić information content (AvgIpc) is 2.92. The average molecular weight is 611 g/mol. The Balaban J connectivity index is 2.06. The number of nitrogens with one attached hydrogen (secondary N) is 1. The molecule has 0 radical (unpaired) electrons. The zero-order valence-corrected chi connectivity index (χ0v) is 24.7. The minimum absolute atomic E-state index is 0.0306. The molecule has 0 bridgehead atoms. The molecular formula is C28H30Cl3N3O4S. The van der Waals surface area contributed by atoms with Crippen LogP contribution in [0.3, 0.4) is 0 Å². The summed E-state index contributed by atoms with van der Waals surface area (Å²) < 4.78 is 28.6. The van der Waals surface area contributed by atoms with Crippen LogP contribution in [0.1, 0.15) is 32.3 Å². The second kappa shape index (κ2) is 14.0. The molecule has 1 unspecified atom stereocenters. The normalized spacial score (nSPS) is 12.0. The van der Waals surface area contributed by atoms with Crippen molar-refractivity contribution in [2.75, 3.05) is 17.4 Å². The lowest BCUT2D eigenvalue weighted by atomic mass is 10.1. The molecule has 3 rings (SSSR count). The standard InChI is InChI=1S/C28H30Cl3N3O4S/c1-3-17-32-28(36)26(4-2)33(18-23-24(30)11-8-12-25(23)31)27(35)19-34(21-9-6-5-7-10-21)39(37,38)22-15-13-20(29)14-16-22/h5-16,26H,3-4,17-19H2,1-2H3,(H,32,36). The van der Waals surface area contributed by atoms with E-state index in [1.807, 2.05) is 6.92 Å². The third-order valence-electron chi connectivity index (χ3n) is 6.05. The number of para-hydroxylation sites is 1. The first-order valence-corrected chi connectivity index (χ1v) is 15.0. The molecule has 0 aliphatic heterocycles. The molecular weight excluding hydrogens is 581 g/mol. The second-order valence-electron chi connectivity index (χ2n) is 8.74. The highest BCUT2D eigenvalue weighted by atomic mass is 35.5. The third kappa shape index (κ3) is 7.66. The van der Waals surface area contributed by atoms with Crippen molar-refractivity contribution < 1.29 is 18.0 Å². The quantitative estimate of drug-likeness (QED) is 0.266. The Morgan fingerprint density at radius 2 is 1.49 bits per heavy atom. The highest BCUT2D eigenvalue weighted by Crippen LogP contribution is 2.29. The molecule has 0 heterocycles. The summed E-state index contributed by atoms with van der Waals surface area (Å²) in [5.41, 5.74) is 0.753. The topological polar surface area (TPSA) is 86.8 Å². The highest BCUT2D eigenvalue weighted by Gasteiger charge is 2.34. The molecule has 208 valence electrons. The molecule has 7 nitrogen and oxygen atoms in total. The number of hydrogen-bond donors (Lipinski definition) is 1. The lowest BCUT2D eigenvalue weighted by Gasteiger charge is -2.33. The molecule has 0 saturated carbocycles. The van der Waals surface area contributed by atoms with Crippen LogP contribution in [-0.2, 0) is 26.2 Å². The molecule has 39 heavy (non-hydrogen) atoms. The molecule has 3 aromatic carbocycles. The molecule has 0 spiro atoms. The molecule has 0 saturated heterocycles. The van der Waals surface area contributed by atoms with Gasteiger partial charge in [0.05, 0.1) is 10.6 Å². The number of benzene rings is 3. The van der Waals surface area contributed by atoms with E-state index in [0.717, 1.165) is 4.31 Å². The van der Waals surface area contributed by atoms with E-state index in [1.165, 1.54) is 29.2 Å². The fourth-order valence-corrected chi connectivity index (χ4v) is 6.05. The highest BCUT2D eigenvalue weighted by molar-refractivity contribution is 7.92. The summed E-state index contributed by atoms with van der Waals surface area (Å²) in [5, 5.41) is 3.88. The van der Waals surface area contributed by atoms with Gasteiger partial charge in [-0.25, -0.2) is 8.42 Å². The summed E-state index contributed by atoms with van der Waals surface area (Å²) in [6.07, 6.45) is 1.01. The van der Waals surface area contributed by atoms with Gasteiger partial charge in [-0.15, -0.1) is 0 Å². The van der Waals surface area contributed by atoms with E-state index in [9.17, 15) is 18.0 Å². The van der Waals surface area contributed by atoms with Gasteiger partial charge in [-0.2, -0.15) is 0 Å². The van der Waals surface area contributed by atoms with Crippen molar-refractivity contribution in [3.05, 3.63) is 93.4 Å². The second-order valence-corrected chi connectivity index (χ2v) is 11.9. The van der Waals surface area contributed by atoms with E-state index in [4.69, 9.17) is 34.8 Å². The summed E-state index contributed by atoms with van der Waals surface area (Å²) in [4.78, 5) is 28.4. The Morgan fingerprint density at radius 3 is 2.05 bits per heavy atom. The Kier molecular flexibility index (Phi) is 11.1. The smallest absolute Gasteiger partial charge is 0.264 e. The number of halogens is 3. The molecule has 0 aromatic heterocycles. The van der Waals surface area contributed by atoms with Crippen molar-refractivity contribution in [3.8, 4) is 0 Å². The van der Waals surface area contributed by atoms with Crippen molar-refractivity contribution >= 4 is 62.3 Å². The van der Waals surface area contributed by atoms with Crippen LogP contribution in [0.4, 0.5) is 5.69 Å². The van der Waals surface area contributed by atoms with Crippen LogP contribution in [0.2, 0.25) is 15.1 Å². The van der Waals surface area contributed by atoms with Gasteiger partial charge in [-0.3, -0.25) is 13.9 Å². The number of hydrogen-bond acceptors (Lipinski definition) is 4. The molecule has 2 amide bonds. The zero-order chi connectivity index (χ0) is 28.6. The molecule has 3 aromatic rings. The summed E-state index contributed by atoms with van der Waals surface area (Å²) in [6.45, 7) is 3.50. The number of anilines is 1. The minimum atomic E-state index is -4.18. The van der Waals surface area contributed by atoms with Crippen LogP contribution in [0.15, 0.2) is 77.7 Å². The lowest BCUT2D eigenvalue weighted by molar-refractivity contribution is -0.140. The van der Waals surface area contributed by atoms with Crippen LogP contribution in [0, 0.1) is 0 Å². The van der Waals surface area contributed by atoms with E-state index in [-0.39, 0.29) is 17.3 Å². The number of nitrogens with zero attached hydrogens (tertiary/aromatic N) is 2.